The Bertz CT molecular complexity index is 557. The normalized spacial score (nSPS) is 18.8. The van der Waals surface area contributed by atoms with E-state index in [-0.39, 0.29) is 17.9 Å². The number of halogens is 1. The Kier molecular flexibility index (Phi) is 5.92. The summed E-state index contributed by atoms with van der Waals surface area (Å²) < 4.78 is 6.13. The van der Waals surface area contributed by atoms with Crippen molar-refractivity contribution < 1.29 is 14.6 Å². The molecular formula is C17H25BrN2O3. The highest BCUT2D eigenvalue weighted by molar-refractivity contribution is 9.10. The van der Waals surface area contributed by atoms with Crippen molar-refractivity contribution in [2.24, 2.45) is 0 Å². The van der Waals surface area contributed by atoms with Crippen LogP contribution in [-0.4, -0.2) is 40.8 Å². The Labute approximate surface area is 146 Å². The number of rotatable bonds is 3. The molecule has 6 heteroatoms. The van der Waals surface area contributed by atoms with Gasteiger partial charge in [0, 0.05) is 25.7 Å². The van der Waals surface area contributed by atoms with Crippen molar-refractivity contribution in [2.75, 3.05) is 13.1 Å². The minimum atomic E-state index is -0.463. The molecule has 1 aromatic carbocycles. The van der Waals surface area contributed by atoms with Gasteiger partial charge in [0.05, 0.1) is 4.47 Å². The monoisotopic (exact) mass is 384 g/mol. The molecule has 0 radical (unpaired) electrons. The zero-order chi connectivity index (χ0) is 17.0. The molecule has 1 saturated heterocycles. The number of amides is 1. The van der Waals surface area contributed by atoms with Crippen molar-refractivity contribution in [3.63, 3.8) is 0 Å². The number of carbonyl (C=O) groups excluding carboxylic acids is 1. The number of ether oxygens (including phenoxy) is 1. The number of phenols is 1. The Hall–Kier alpha value is -1.27. The van der Waals surface area contributed by atoms with E-state index in [1.165, 1.54) is 0 Å². The molecule has 1 fully saturated rings. The highest BCUT2D eigenvalue weighted by Gasteiger charge is 2.27. The quantitative estimate of drug-likeness (QED) is 0.834. The van der Waals surface area contributed by atoms with Crippen LogP contribution in [0.25, 0.3) is 0 Å². The van der Waals surface area contributed by atoms with Crippen molar-refractivity contribution in [2.45, 2.75) is 51.8 Å². The largest absolute Gasteiger partial charge is 0.507 e. The Morgan fingerprint density at radius 1 is 1.48 bits per heavy atom. The fourth-order valence-electron chi connectivity index (χ4n) is 2.56. The van der Waals surface area contributed by atoms with E-state index in [0.29, 0.717) is 17.6 Å². The van der Waals surface area contributed by atoms with E-state index in [9.17, 15) is 9.90 Å². The van der Waals surface area contributed by atoms with Crippen LogP contribution in [0.3, 0.4) is 0 Å². The van der Waals surface area contributed by atoms with Gasteiger partial charge in [-0.2, -0.15) is 0 Å². The number of carbonyl (C=O) groups is 1. The number of nitrogens with one attached hydrogen (secondary N) is 1. The minimum absolute atomic E-state index is 0.238. The molecule has 23 heavy (non-hydrogen) atoms. The van der Waals surface area contributed by atoms with Crippen LogP contribution in [-0.2, 0) is 11.3 Å². The van der Waals surface area contributed by atoms with Crippen LogP contribution in [0.4, 0.5) is 4.79 Å². The van der Waals surface area contributed by atoms with E-state index in [4.69, 9.17) is 4.74 Å². The van der Waals surface area contributed by atoms with Crippen LogP contribution < -0.4 is 5.32 Å². The first-order chi connectivity index (χ1) is 10.7. The second kappa shape index (κ2) is 7.53. The van der Waals surface area contributed by atoms with Crippen LogP contribution >= 0.6 is 15.9 Å². The van der Waals surface area contributed by atoms with Gasteiger partial charge < -0.3 is 20.1 Å². The number of nitrogens with zero attached hydrogens (tertiary/aromatic N) is 1. The standard InChI is InChI=1S/C17H25BrN2O3/c1-17(2,3)23-16(22)20-8-4-5-13(11-20)19-10-12-6-7-15(21)14(18)9-12/h6-7,9,13,19,21H,4-5,8,10-11H2,1-3H3. The summed E-state index contributed by atoms with van der Waals surface area (Å²) in [5.41, 5.74) is 0.625. The number of likely N-dealkylation sites (tertiary alicyclic amines) is 1. The van der Waals surface area contributed by atoms with E-state index in [0.717, 1.165) is 24.9 Å². The second-order valence-corrected chi connectivity index (χ2v) is 7.79. The predicted octanol–water partition coefficient (Wildman–Crippen LogP) is 3.64. The number of aromatic hydroxyl groups is 1. The van der Waals surface area contributed by atoms with Gasteiger partial charge in [0.1, 0.15) is 11.4 Å². The first-order valence-corrected chi connectivity index (χ1v) is 8.72. The SMILES string of the molecule is CC(C)(C)OC(=O)N1CCCC(NCc2ccc(O)c(Br)c2)C1. The summed E-state index contributed by atoms with van der Waals surface area (Å²) in [6.45, 7) is 7.76. The maximum absolute atomic E-state index is 12.2. The van der Waals surface area contributed by atoms with Crippen molar-refractivity contribution in [1.82, 2.24) is 10.2 Å². The predicted molar refractivity (Wildman–Crippen MR) is 93.5 cm³/mol. The first-order valence-electron chi connectivity index (χ1n) is 7.93. The van der Waals surface area contributed by atoms with Gasteiger partial charge >= 0.3 is 6.09 Å². The molecule has 1 unspecified atom stereocenters. The fraction of sp³-hybridized carbons (Fsp3) is 0.588. The molecule has 1 atom stereocenters. The van der Waals surface area contributed by atoms with Crippen LogP contribution in [0, 0.1) is 0 Å². The maximum atomic E-state index is 12.2. The molecule has 1 amide bonds. The molecule has 1 heterocycles. The summed E-state index contributed by atoms with van der Waals surface area (Å²) in [6.07, 6.45) is 1.77. The molecule has 1 aliphatic rings. The lowest BCUT2D eigenvalue weighted by Gasteiger charge is -2.34. The number of phenolic OH excluding ortho intramolecular Hbond substituents is 1. The molecular weight excluding hydrogens is 360 g/mol. The van der Waals surface area contributed by atoms with E-state index in [1.54, 1.807) is 11.0 Å². The third-order valence-electron chi connectivity index (χ3n) is 3.68. The topological polar surface area (TPSA) is 61.8 Å². The highest BCUT2D eigenvalue weighted by atomic mass is 79.9. The van der Waals surface area contributed by atoms with Gasteiger partial charge in [-0.1, -0.05) is 6.07 Å². The van der Waals surface area contributed by atoms with E-state index < -0.39 is 5.60 Å². The highest BCUT2D eigenvalue weighted by Crippen LogP contribution is 2.24. The molecule has 0 aliphatic carbocycles. The third-order valence-corrected chi connectivity index (χ3v) is 4.32. The van der Waals surface area contributed by atoms with Gasteiger partial charge in [-0.3, -0.25) is 0 Å². The molecule has 0 spiro atoms. The van der Waals surface area contributed by atoms with Gasteiger partial charge in [0.25, 0.3) is 0 Å². The van der Waals surface area contributed by atoms with Gasteiger partial charge in [-0.15, -0.1) is 0 Å². The first kappa shape index (κ1) is 18.1. The lowest BCUT2D eigenvalue weighted by atomic mass is 10.1. The Balaban J connectivity index is 1.86. The molecule has 2 N–H and O–H groups in total. The average Bonchev–Trinajstić information content (AvgIpc) is 2.47. The molecule has 128 valence electrons. The van der Waals surface area contributed by atoms with Crippen molar-refractivity contribution >= 4 is 22.0 Å². The summed E-state index contributed by atoms with van der Waals surface area (Å²) in [6, 6.07) is 5.72. The lowest BCUT2D eigenvalue weighted by Crippen LogP contribution is -2.49. The Morgan fingerprint density at radius 3 is 2.87 bits per heavy atom. The van der Waals surface area contributed by atoms with Crippen LogP contribution in [0.15, 0.2) is 22.7 Å². The third kappa shape index (κ3) is 5.70. The summed E-state index contributed by atoms with van der Waals surface area (Å²) in [5, 5.41) is 13.0. The molecule has 0 saturated carbocycles. The molecule has 1 aromatic rings. The Morgan fingerprint density at radius 2 is 2.22 bits per heavy atom. The molecule has 0 bridgehead atoms. The zero-order valence-corrected chi connectivity index (χ0v) is 15.5. The average molecular weight is 385 g/mol. The van der Waals surface area contributed by atoms with Gasteiger partial charge in [0.2, 0.25) is 0 Å². The van der Waals surface area contributed by atoms with Crippen LogP contribution in [0.5, 0.6) is 5.75 Å². The summed E-state index contributed by atoms with van der Waals surface area (Å²) >= 11 is 3.32. The second-order valence-electron chi connectivity index (χ2n) is 6.93. The number of piperidine rings is 1. The van der Waals surface area contributed by atoms with Crippen LogP contribution in [0.1, 0.15) is 39.2 Å². The van der Waals surface area contributed by atoms with Crippen LogP contribution in [0.2, 0.25) is 0 Å². The summed E-state index contributed by atoms with van der Waals surface area (Å²) in [5.74, 6) is 0.238. The molecule has 1 aliphatic heterocycles. The molecule has 0 aromatic heterocycles. The van der Waals surface area contributed by atoms with Gasteiger partial charge in [0.15, 0.2) is 0 Å². The van der Waals surface area contributed by atoms with E-state index >= 15 is 0 Å². The van der Waals surface area contributed by atoms with E-state index in [1.807, 2.05) is 32.9 Å². The van der Waals surface area contributed by atoms with E-state index in [2.05, 4.69) is 21.2 Å². The van der Waals surface area contributed by atoms with Crippen molar-refractivity contribution in [1.29, 1.82) is 0 Å². The van der Waals surface area contributed by atoms with Crippen molar-refractivity contribution in [3.05, 3.63) is 28.2 Å². The number of hydrogen-bond acceptors (Lipinski definition) is 4. The molecule has 2 rings (SSSR count). The zero-order valence-electron chi connectivity index (χ0n) is 13.9. The van der Waals surface area contributed by atoms with Gasteiger partial charge in [-0.05, 0) is 67.2 Å². The summed E-state index contributed by atoms with van der Waals surface area (Å²) in [4.78, 5) is 13.9. The van der Waals surface area contributed by atoms with Crippen molar-refractivity contribution in [3.8, 4) is 5.75 Å². The smallest absolute Gasteiger partial charge is 0.410 e. The molecule has 5 nitrogen and oxygen atoms in total. The lowest BCUT2D eigenvalue weighted by molar-refractivity contribution is 0.0187. The number of benzene rings is 1. The summed E-state index contributed by atoms with van der Waals surface area (Å²) in [7, 11) is 0. The number of hydrogen-bond donors (Lipinski definition) is 2. The maximum Gasteiger partial charge on any atom is 0.410 e. The fourth-order valence-corrected chi connectivity index (χ4v) is 2.98. The minimum Gasteiger partial charge on any atom is -0.507 e. The van der Waals surface area contributed by atoms with Gasteiger partial charge in [-0.25, -0.2) is 4.79 Å².